The summed E-state index contributed by atoms with van der Waals surface area (Å²) in [4.78, 5) is 0. The van der Waals surface area contributed by atoms with E-state index in [0.29, 0.717) is 16.7 Å². The summed E-state index contributed by atoms with van der Waals surface area (Å²) in [6.45, 7) is 0.357. The molecule has 2 aromatic carbocycles. The third-order valence-corrected chi connectivity index (χ3v) is 2.83. The number of ether oxygens (including phenoxy) is 1. The van der Waals surface area contributed by atoms with Gasteiger partial charge in [-0.2, -0.15) is 18.2 Å². The Kier molecular flexibility index (Phi) is 9.08. The molecule has 0 N–H and O–H groups in total. The van der Waals surface area contributed by atoms with Gasteiger partial charge in [0.05, 0.1) is 6.61 Å². The molecule has 18 heavy (non-hydrogen) atoms. The topological polar surface area (TPSA) is 9.23 Å². The molecule has 2 aromatic rings. The maximum absolute atomic E-state index is 6.02. The molecule has 0 spiro atoms. The number of hydrogen-bond acceptors (Lipinski definition) is 1. The molecule has 0 heterocycles. The van der Waals surface area contributed by atoms with Crippen LogP contribution in [0.1, 0.15) is 5.56 Å². The molecule has 0 saturated heterocycles. The molecule has 0 aliphatic rings. The van der Waals surface area contributed by atoms with Crippen LogP contribution in [0.2, 0.25) is 10.0 Å². The van der Waals surface area contributed by atoms with Crippen LogP contribution in [0.25, 0.3) is 0 Å². The molecule has 2 rings (SSSR count). The Morgan fingerprint density at radius 1 is 1.06 bits per heavy atom. The maximum Gasteiger partial charge on any atom is 2.00 e. The summed E-state index contributed by atoms with van der Waals surface area (Å²) in [5.74, 6) is 0.749. The summed E-state index contributed by atoms with van der Waals surface area (Å²) in [6.07, 6.45) is 0. The van der Waals surface area contributed by atoms with Crippen molar-refractivity contribution < 1.29 is 21.7 Å². The summed E-state index contributed by atoms with van der Waals surface area (Å²) in [5.41, 5.74) is 0.801. The van der Waals surface area contributed by atoms with Crippen LogP contribution >= 0.6 is 23.2 Å². The van der Waals surface area contributed by atoms with Gasteiger partial charge in [-0.15, -0.1) is 12.1 Å². The van der Waals surface area contributed by atoms with E-state index in [-0.39, 0.29) is 40.0 Å². The van der Waals surface area contributed by atoms with Gasteiger partial charge in [0.2, 0.25) is 0 Å². The van der Waals surface area contributed by atoms with Crippen molar-refractivity contribution in [3.8, 4) is 5.75 Å². The average Bonchev–Trinajstić information content (AvgIpc) is 2.30. The zero-order valence-corrected chi connectivity index (χ0v) is 14.0. The van der Waals surface area contributed by atoms with Crippen LogP contribution in [0.5, 0.6) is 5.75 Å². The molecule has 0 radical (unpaired) electrons. The third kappa shape index (κ3) is 4.98. The normalized spacial score (nSPS) is 9.00. The van der Waals surface area contributed by atoms with E-state index in [1.54, 1.807) is 18.2 Å². The first-order valence-corrected chi connectivity index (χ1v) is 5.55. The monoisotopic (exact) mass is 354 g/mol. The summed E-state index contributed by atoms with van der Waals surface area (Å²) < 4.78 is 5.55. The van der Waals surface area contributed by atoms with E-state index in [1.807, 2.05) is 24.3 Å². The molecule has 0 saturated carbocycles. The van der Waals surface area contributed by atoms with Gasteiger partial charge in [-0.25, -0.2) is 0 Å². The second-order valence-electron chi connectivity index (χ2n) is 3.23. The molecule has 0 aliphatic heterocycles. The van der Waals surface area contributed by atoms with Crippen molar-refractivity contribution in [3.05, 3.63) is 64.1 Å². The van der Waals surface area contributed by atoms with E-state index in [4.69, 9.17) is 27.9 Å². The fourth-order valence-electron chi connectivity index (χ4n) is 1.29. The van der Waals surface area contributed by atoms with E-state index in [2.05, 4.69) is 6.07 Å². The molecular weight excluding hydrogens is 347 g/mol. The predicted molar refractivity (Wildman–Crippen MR) is 71.8 cm³/mol. The molecule has 0 fully saturated rings. The second-order valence-corrected chi connectivity index (χ2v) is 4.04. The van der Waals surface area contributed by atoms with E-state index in [0.717, 1.165) is 11.3 Å². The SMILES string of the molecule is Clc1cccc(Cl)c1COc1c[c-]ccc1.[Br-].[Mg+2]. The van der Waals surface area contributed by atoms with Crippen LogP contribution < -0.4 is 21.7 Å². The largest absolute Gasteiger partial charge is 2.00 e. The van der Waals surface area contributed by atoms with Crippen molar-refractivity contribution in [3.63, 3.8) is 0 Å². The Balaban J connectivity index is 0.00000144. The Morgan fingerprint density at radius 2 is 1.72 bits per heavy atom. The Labute approximate surface area is 143 Å². The van der Waals surface area contributed by atoms with E-state index in [1.165, 1.54) is 0 Å². The van der Waals surface area contributed by atoms with Gasteiger partial charge in [-0.3, -0.25) is 0 Å². The van der Waals surface area contributed by atoms with E-state index < -0.39 is 0 Å². The van der Waals surface area contributed by atoms with Crippen molar-refractivity contribution in [1.82, 2.24) is 0 Å². The van der Waals surface area contributed by atoms with E-state index in [9.17, 15) is 0 Å². The minimum absolute atomic E-state index is 0. The number of halogens is 3. The van der Waals surface area contributed by atoms with Crippen molar-refractivity contribution in [2.24, 2.45) is 0 Å². The van der Waals surface area contributed by atoms with Gasteiger partial charge in [-0.1, -0.05) is 29.3 Å². The average molecular weight is 356 g/mol. The predicted octanol–water partition coefficient (Wildman–Crippen LogP) is 0.996. The minimum atomic E-state index is 0. The summed E-state index contributed by atoms with van der Waals surface area (Å²) >= 11 is 12.0. The Morgan fingerprint density at radius 3 is 2.28 bits per heavy atom. The first-order chi connectivity index (χ1) is 7.77. The number of hydrogen-bond donors (Lipinski definition) is 0. The fraction of sp³-hybridized carbons (Fsp3) is 0.0769. The van der Waals surface area contributed by atoms with Crippen LogP contribution in [0.15, 0.2) is 42.5 Å². The molecule has 0 aromatic heterocycles. The van der Waals surface area contributed by atoms with Gasteiger partial charge < -0.3 is 21.7 Å². The van der Waals surface area contributed by atoms with Gasteiger partial charge in [0.15, 0.2) is 0 Å². The van der Waals surface area contributed by atoms with Crippen LogP contribution in [0.3, 0.4) is 0 Å². The second kappa shape index (κ2) is 9.05. The van der Waals surface area contributed by atoms with Crippen molar-refractivity contribution >= 4 is 46.3 Å². The van der Waals surface area contributed by atoms with Gasteiger partial charge in [0.25, 0.3) is 0 Å². The molecular formula is C13H9BrCl2MgO. The van der Waals surface area contributed by atoms with Crippen LogP contribution in [0.4, 0.5) is 0 Å². The van der Waals surface area contributed by atoms with Crippen molar-refractivity contribution in [2.75, 3.05) is 0 Å². The van der Waals surface area contributed by atoms with Gasteiger partial charge in [0.1, 0.15) is 0 Å². The smallest absolute Gasteiger partial charge is 1.00 e. The molecule has 90 valence electrons. The molecule has 0 aliphatic carbocycles. The summed E-state index contributed by atoms with van der Waals surface area (Å²) in [5, 5.41) is 1.24. The standard InChI is InChI=1S/C13H9Cl2O.BrH.Mg/c14-12-7-4-8-13(15)11(12)9-16-10-5-2-1-3-6-10;;/h1-2,4-8H,9H2;1H;/q-1;;+2/p-1. The number of rotatable bonds is 3. The molecule has 1 nitrogen and oxygen atoms in total. The first-order valence-electron chi connectivity index (χ1n) is 4.79. The van der Waals surface area contributed by atoms with E-state index >= 15 is 0 Å². The van der Waals surface area contributed by atoms with Gasteiger partial charge >= 0.3 is 23.1 Å². The quantitative estimate of drug-likeness (QED) is 0.589. The molecule has 0 unspecified atom stereocenters. The van der Waals surface area contributed by atoms with Crippen molar-refractivity contribution in [2.45, 2.75) is 6.61 Å². The van der Waals surface area contributed by atoms with Gasteiger partial charge in [-0.05, 0) is 12.1 Å². The first kappa shape index (κ1) is 18.1. The van der Waals surface area contributed by atoms with Crippen LogP contribution in [0, 0.1) is 6.07 Å². The van der Waals surface area contributed by atoms with Gasteiger partial charge in [0, 0.05) is 21.4 Å². The zero-order chi connectivity index (χ0) is 11.4. The van der Waals surface area contributed by atoms with Crippen LogP contribution in [-0.4, -0.2) is 23.1 Å². The zero-order valence-electron chi connectivity index (χ0n) is 9.50. The third-order valence-electron chi connectivity index (χ3n) is 2.12. The minimum Gasteiger partial charge on any atom is -1.00 e. The Bertz CT molecular complexity index is 459. The summed E-state index contributed by atoms with van der Waals surface area (Å²) in [6, 6.07) is 15.6. The van der Waals surface area contributed by atoms with Crippen LogP contribution in [-0.2, 0) is 6.61 Å². The molecule has 0 atom stereocenters. The molecule has 0 amide bonds. The molecule has 5 heteroatoms. The molecule has 0 bridgehead atoms. The Hall–Kier alpha value is 0.0662. The number of benzene rings is 2. The fourth-order valence-corrected chi connectivity index (χ4v) is 1.80. The maximum atomic E-state index is 6.02. The van der Waals surface area contributed by atoms with Crippen molar-refractivity contribution in [1.29, 1.82) is 0 Å². The summed E-state index contributed by atoms with van der Waals surface area (Å²) in [7, 11) is 0.